The van der Waals surface area contributed by atoms with Crippen LogP contribution >= 0.6 is 0 Å². The van der Waals surface area contributed by atoms with E-state index in [1.807, 2.05) is 0 Å². The Kier molecular flexibility index (Phi) is 4.97. The van der Waals surface area contributed by atoms with Crippen molar-refractivity contribution in [3.05, 3.63) is 163 Å². The molecule has 8 aromatic carbocycles. The molecule has 0 radical (unpaired) electrons. The van der Waals surface area contributed by atoms with Gasteiger partial charge in [0.2, 0.25) is 0 Å². The van der Waals surface area contributed by atoms with Crippen LogP contribution in [0.4, 0.5) is 0 Å². The van der Waals surface area contributed by atoms with E-state index in [1.165, 1.54) is 105 Å². The Labute approximate surface area is 279 Å². The molecule has 224 valence electrons. The molecule has 2 aliphatic rings. The molecule has 1 heteroatoms. The summed E-state index contributed by atoms with van der Waals surface area (Å²) in [6.45, 7) is 4.72. The molecule has 1 heterocycles. The first-order valence-electron chi connectivity index (χ1n) is 16.9. The fourth-order valence-corrected chi connectivity index (χ4v) is 9.06. The summed E-state index contributed by atoms with van der Waals surface area (Å²) < 4.78 is 2.49. The van der Waals surface area contributed by atoms with Crippen LogP contribution in [-0.2, 0) is 5.41 Å². The Balaban J connectivity index is 1.18. The summed E-state index contributed by atoms with van der Waals surface area (Å²) in [6, 6.07) is 56.9. The smallest absolute Gasteiger partial charge is 0.0547 e. The highest BCUT2D eigenvalue weighted by Gasteiger charge is 2.35. The maximum Gasteiger partial charge on any atom is 0.0547 e. The Bertz CT molecular complexity index is 2860. The summed E-state index contributed by atoms with van der Waals surface area (Å²) in [5, 5.41) is 7.79. The maximum absolute atomic E-state index is 2.49. The minimum atomic E-state index is -0.0335. The highest BCUT2D eigenvalue weighted by atomic mass is 15.0. The monoisotopic (exact) mass is 609 g/mol. The van der Waals surface area contributed by atoms with Gasteiger partial charge in [0.15, 0.2) is 0 Å². The lowest BCUT2D eigenvalue weighted by molar-refractivity contribution is 0.660. The summed E-state index contributed by atoms with van der Waals surface area (Å²) in [5.74, 6) is 0. The van der Waals surface area contributed by atoms with Crippen molar-refractivity contribution in [1.29, 1.82) is 0 Å². The first kappa shape index (κ1) is 26.2. The number of hydrogen-bond acceptors (Lipinski definition) is 0. The molecule has 0 aliphatic heterocycles. The number of aromatic nitrogens is 1. The molecule has 0 atom stereocenters. The molecule has 48 heavy (non-hydrogen) atoms. The normalized spacial score (nSPS) is 13.8. The van der Waals surface area contributed by atoms with Crippen LogP contribution in [0.25, 0.3) is 93.5 Å². The Morgan fingerprint density at radius 2 is 1.06 bits per heavy atom. The van der Waals surface area contributed by atoms with E-state index < -0.39 is 0 Å². The fraction of sp³-hybridized carbons (Fsp3) is 0.0638. The highest BCUT2D eigenvalue weighted by molar-refractivity contribution is 6.22. The Morgan fingerprint density at radius 1 is 0.396 bits per heavy atom. The van der Waals surface area contributed by atoms with E-state index in [9.17, 15) is 0 Å². The van der Waals surface area contributed by atoms with Crippen LogP contribution in [0.1, 0.15) is 25.0 Å². The van der Waals surface area contributed by atoms with Crippen molar-refractivity contribution < 1.29 is 0 Å². The second kappa shape index (κ2) is 9.12. The summed E-state index contributed by atoms with van der Waals surface area (Å²) >= 11 is 0. The van der Waals surface area contributed by atoms with E-state index >= 15 is 0 Å². The number of fused-ring (bicyclic) bond motifs is 11. The second-order valence-corrected chi connectivity index (χ2v) is 14.1. The standard InChI is InChI=1S/C47H31N/c1-47(2)41-17-8-7-15-36(41)37-21-18-30(26-42(37)47)29-20-22-43-40(25-29)46-33-12-4-3-10-28(33)19-23-44(46)48(43)32-24-31-11-9-16-38-34-13-5-6-14-35(34)39(27-32)45(31)38/h3-27H,1-2H3. The number of hydrogen-bond donors (Lipinski definition) is 0. The lowest BCUT2D eigenvalue weighted by Crippen LogP contribution is -2.14. The predicted octanol–water partition coefficient (Wildman–Crippen LogP) is 12.7. The first-order chi connectivity index (χ1) is 23.6. The SMILES string of the molecule is CC1(C)c2ccccc2-c2ccc(-c3ccc4c(c3)c3c5ccccc5ccc3n4-c3cc4c5c(cccc5c3)-c3ccccc3-4)cc21. The van der Waals surface area contributed by atoms with E-state index in [4.69, 9.17) is 0 Å². The van der Waals surface area contributed by atoms with Gasteiger partial charge in [0.25, 0.3) is 0 Å². The number of benzene rings is 8. The minimum absolute atomic E-state index is 0.0335. The maximum atomic E-state index is 2.49. The van der Waals surface area contributed by atoms with Crippen LogP contribution in [0, 0.1) is 0 Å². The molecular formula is C47H31N. The quantitative estimate of drug-likeness (QED) is 0.184. The van der Waals surface area contributed by atoms with Crippen molar-refractivity contribution in [1.82, 2.24) is 4.57 Å². The fourth-order valence-electron chi connectivity index (χ4n) is 9.06. The summed E-state index contributed by atoms with van der Waals surface area (Å²) in [4.78, 5) is 0. The van der Waals surface area contributed by atoms with Gasteiger partial charge in [-0.05, 0) is 114 Å². The van der Waals surface area contributed by atoms with E-state index in [-0.39, 0.29) is 5.41 Å². The molecule has 0 bridgehead atoms. The molecular weight excluding hydrogens is 579 g/mol. The first-order valence-corrected chi connectivity index (χ1v) is 16.9. The third-order valence-electron chi connectivity index (χ3n) is 11.3. The highest BCUT2D eigenvalue weighted by Crippen LogP contribution is 2.51. The van der Waals surface area contributed by atoms with Crippen LogP contribution in [0.15, 0.2) is 152 Å². The molecule has 2 aliphatic carbocycles. The van der Waals surface area contributed by atoms with Gasteiger partial charge < -0.3 is 4.57 Å². The van der Waals surface area contributed by atoms with Crippen LogP contribution in [0.2, 0.25) is 0 Å². The number of rotatable bonds is 2. The van der Waals surface area contributed by atoms with Crippen molar-refractivity contribution in [3.8, 4) is 50.2 Å². The van der Waals surface area contributed by atoms with Crippen molar-refractivity contribution in [3.63, 3.8) is 0 Å². The minimum Gasteiger partial charge on any atom is -0.309 e. The molecule has 0 spiro atoms. The summed E-state index contributed by atoms with van der Waals surface area (Å²) in [6.07, 6.45) is 0. The zero-order valence-electron chi connectivity index (χ0n) is 26.9. The van der Waals surface area contributed by atoms with Crippen LogP contribution in [-0.4, -0.2) is 4.57 Å². The summed E-state index contributed by atoms with van der Waals surface area (Å²) in [5.41, 5.74) is 17.0. The van der Waals surface area contributed by atoms with Gasteiger partial charge in [-0.2, -0.15) is 0 Å². The molecule has 0 amide bonds. The van der Waals surface area contributed by atoms with Gasteiger partial charge in [-0.1, -0.05) is 129 Å². The molecule has 0 fully saturated rings. The van der Waals surface area contributed by atoms with E-state index in [2.05, 4.69) is 170 Å². The molecule has 1 aromatic heterocycles. The molecule has 1 nitrogen and oxygen atoms in total. The summed E-state index contributed by atoms with van der Waals surface area (Å²) in [7, 11) is 0. The van der Waals surface area contributed by atoms with Crippen LogP contribution in [0.3, 0.4) is 0 Å². The molecule has 11 rings (SSSR count). The van der Waals surface area contributed by atoms with Crippen LogP contribution in [0.5, 0.6) is 0 Å². The Morgan fingerprint density at radius 3 is 1.96 bits per heavy atom. The molecule has 0 saturated carbocycles. The van der Waals surface area contributed by atoms with Gasteiger partial charge >= 0.3 is 0 Å². The third kappa shape index (κ3) is 3.31. The number of nitrogens with zero attached hydrogens (tertiary/aromatic N) is 1. The van der Waals surface area contributed by atoms with E-state index in [1.54, 1.807) is 0 Å². The lowest BCUT2D eigenvalue weighted by atomic mass is 9.81. The largest absolute Gasteiger partial charge is 0.309 e. The third-order valence-corrected chi connectivity index (χ3v) is 11.3. The average molecular weight is 610 g/mol. The predicted molar refractivity (Wildman–Crippen MR) is 203 cm³/mol. The Hall–Kier alpha value is -5.92. The lowest BCUT2D eigenvalue weighted by Gasteiger charge is -2.22. The molecule has 0 saturated heterocycles. The van der Waals surface area contributed by atoms with Crippen LogP contribution < -0.4 is 0 Å². The van der Waals surface area contributed by atoms with Gasteiger partial charge in [-0.25, -0.2) is 0 Å². The van der Waals surface area contributed by atoms with Gasteiger partial charge in [-0.3, -0.25) is 0 Å². The van der Waals surface area contributed by atoms with Crippen molar-refractivity contribution >= 4 is 43.4 Å². The van der Waals surface area contributed by atoms with Gasteiger partial charge in [0.1, 0.15) is 0 Å². The van der Waals surface area contributed by atoms with Gasteiger partial charge in [-0.15, -0.1) is 0 Å². The average Bonchev–Trinajstić information content (AvgIpc) is 3.72. The molecule has 9 aromatic rings. The topological polar surface area (TPSA) is 4.93 Å². The van der Waals surface area contributed by atoms with Crippen molar-refractivity contribution in [2.45, 2.75) is 19.3 Å². The van der Waals surface area contributed by atoms with Gasteiger partial charge in [0, 0.05) is 21.9 Å². The van der Waals surface area contributed by atoms with Crippen molar-refractivity contribution in [2.75, 3.05) is 0 Å². The molecule has 0 unspecified atom stereocenters. The zero-order chi connectivity index (χ0) is 31.7. The van der Waals surface area contributed by atoms with Crippen molar-refractivity contribution in [2.24, 2.45) is 0 Å². The second-order valence-electron chi connectivity index (χ2n) is 14.1. The van der Waals surface area contributed by atoms with E-state index in [0.29, 0.717) is 0 Å². The van der Waals surface area contributed by atoms with E-state index in [0.717, 1.165) is 0 Å². The zero-order valence-corrected chi connectivity index (χ0v) is 26.9. The molecule has 0 N–H and O–H groups in total. The van der Waals surface area contributed by atoms with Gasteiger partial charge in [0.05, 0.1) is 11.0 Å².